The Balaban J connectivity index is 1.84. The lowest BCUT2D eigenvalue weighted by atomic mass is 10.0. The highest BCUT2D eigenvalue weighted by molar-refractivity contribution is 5.44. The van der Waals surface area contributed by atoms with Crippen molar-refractivity contribution in [2.45, 2.75) is 38.9 Å². The molecule has 1 atom stereocenters. The van der Waals surface area contributed by atoms with Gasteiger partial charge in [-0.05, 0) is 50.3 Å². The fraction of sp³-hybridized carbons (Fsp3) is 0.600. The summed E-state index contributed by atoms with van der Waals surface area (Å²) in [4.78, 5) is 0. The minimum atomic E-state index is 0.209. The van der Waals surface area contributed by atoms with Crippen molar-refractivity contribution in [2.24, 2.45) is 5.92 Å². The quantitative estimate of drug-likeness (QED) is 0.818. The molecule has 1 unspecified atom stereocenters. The highest BCUT2D eigenvalue weighted by atomic mass is 16.6. The SMILES string of the molecule is CC(C)OC(c1ccc2c(c1)OCCO2)C1CC1. The highest BCUT2D eigenvalue weighted by Gasteiger charge is 2.34. The number of rotatable bonds is 4. The Hall–Kier alpha value is -1.22. The van der Waals surface area contributed by atoms with Crippen LogP contribution in [0.15, 0.2) is 18.2 Å². The molecule has 0 spiro atoms. The van der Waals surface area contributed by atoms with Crippen LogP contribution < -0.4 is 9.47 Å². The van der Waals surface area contributed by atoms with E-state index in [1.807, 2.05) is 6.07 Å². The standard InChI is InChI=1S/C15H20O3/c1-10(2)18-15(11-3-4-11)12-5-6-13-14(9-12)17-8-7-16-13/h5-6,9-11,15H,3-4,7-8H2,1-2H3. The summed E-state index contributed by atoms with van der Waals surface area (Å²) in [5, 5.41) is 0. The summed E-state index contributed by atoms with van der Waals surface area (Å²) in [6.45, 7) is 5.46. The van der Waals surface area contributed by atoms with E-state index in [9.17, 15) is 0 Å². The molecule has 98 valence electrons. The van der Waals surface area contributed by atoms with Gasteiger partial charge in [0.15, 0.2) is 11.5 Å². The zero-order chi connectivity index (χ0) is 12.5. The Bertz CT molecular complexity index is 424. The molecule has 3 heteroatoms. The molecule has 0 saturated heterocycles. The number of ether oxygens (including phenoxy) is 3. The summed E-state index contributed by atoms with van der Waals surface area (Å²) in [6, 6.07) is 6.20. The van der Waals surface area contributed by atoms with Gasteiger partial charge in [-0.2, -0.15) is 0 Å². The molecule has 1 aliphatic carbocycles. The molecule has 2 aliphatic rings. The summed E-state index contributed by atoms with van der Waals surface area (Å²) < 4.78 is 17.2. The predicted molar refractivity (Wildman–Crippen MR) is 69.1 cm³/mol. The molecule has 0 radical (unpaired) electrons. The Morgan fingerprint density at radius 2 is 1.83 bits per heavy atom. The van der Waals surface area contributed by atoms with E-state index < -0.39 is 0 Å². The van der Waals surface area contributed by atoms with Crippen LogP contribution in [0.5, 0.6) is 11.5 Å². The van der Waals surface area contributed by atoms with E-state index in [-0.39, 0.29) is 12.2 Å². The first-order valence-corrected chi connectivity index (χ1v) is 6.79. The van der Waals surface area contributed by atoms with Gasteiger partial charge in [0.25, 0.3) is 0 Å². The summed E-state index contributed by atoms with van der Waals surface area (Å²) in [6.07, 6.45) is 3.00. The molecule has 1 aromatic rings. The van der Waals surface area contributed by atoms with Crippen molar-refractivity contribution in [2.75, 3.05) is 13.2 Å². The van der Waals surface area contributed by atoms with Crippen LogP contribution in [0, 0.1) is 5.92 Å². The maximum atomic E-state index is 6.05. The second kappa shape index (κ2) is 4.81. The third-order valence-corrected chi connectivity index (χ3v) is 3.36. The summed E-state index contributed by atoms with van der Waals surface area (Å²) >= 11 is 0. The van der Waals surface area contributed by atoms with E-state index in [0.29, 0.717) is 19.1 Å². The number of benzene rings is 1. The molecule has 3 nitrogen and oxygen atoms in total. The van der Waals surface area contributed by atoms with Crippen molar-refractivity contribution in [1.29, 1.82) is 0 Å². The van der Waals surface area contributed by atoms with Gasteiger partial charge in [0.05, 0.1) is 12.2 Å². The van der Waals surface area contributed by atoms with E-state index >= 15 is 0 Å². The van der Waals surface area contributed by atoms with Crippen LogP contribution in [0.4, 0.5) is 0 Å². The minimum absolute atomic E-state index is 0.209. The van der Waals surface area contributed by atoms with Crippen molar-refractivity contribution < 1.29 is 14.2 Å². The van der Waals surface area contributed by atoms with E-state index in [0.717, 1.165) is 11.5 Å². The van der Waals surface area contributed by atoms with Gasteiger partial charge in [0.1, 0.15) is 13.2 Å². The van der Waals surface area contributed by atoms with E-state index in [4.69, 9.17) is 14.2 Å². The molecule has 1 aliphatic heterocycles. The third-order valence-electron chi connectivity index (χ3n) is 3.36. The van der Waals surface area contributed by atoms with E-state index in [1.165, 1.54) is 18.4 Å². The monoisotopic (exact) mass is 248 g/mol. The minimum Gasteiger partial charge on any atom is -0.486 e. The molecule has 0 aromatic heterocycles. The Morgan fingerprint density at radius 3 is 2.50 bits per heavy atom. The zero-order valence-corrected chi connectivity index (χ0v) is 11.0. The van der Waals surface area contributed by atoms with Crippen LogP contribution in [-0.2, 0) is 4.74 Å². The summed E-state index contributed by atoms with van der Waals surface area (Å²) in [5.41, 5.74) is 1.22. The van der Waals surface area contributed by atoms with Crippen LogP contribution in [0.3, 0.4) is 0 Å². The maximum absolute atomic E-state index is 6.05. The molecule has 0 amide bonds. The van der Waals surface area contributed by atoms with Gasteiger partial charge in [-0.1, -0.05) is 6.07 Å². The molecule has 1 heterocycles. The van der Waals surface area contributed by atoms with Crippen molar-refractivity contribution in [3.8, 4) is 11.5 Å². The Kier molecular flexibility index (Phi) is 3.16. The Morgan fingerprint density at radius 1 is 1.11 bits per heavy atom. The molecule has 1 aromatic carbocycles. The first-order chi connectivity index (χ1) is 8.74. The predicted octanol–water partition coefficient (Wildman–Crippen LogP) is 3.33. The second-order valence-corrected chi connectivity index (χ2v) is 5.35. The topological polar surface area (TPSA) is 27.7 Å². The van der Waals surface area contributed by atoms with Crippen molar-refractivity contribution in [3.63, 3.8) is 0 Å². The molecule has 0 N–H and O–H groups in total. The fourth-order valence-corrected chi connectivity index (χ4v) is 2.39. The lowest BCUT2D eigenvalue weighted by molar-refractivity contribution is -0.00678. The van der Waals surface area contributed by atoms with Crippen LogP contribution in [0.25, 0.3) is 0 Å². The fourth-order valence-electron chi connectivity index (χ4n) is 2.39. The lowest BCUT2D eigenvalue weighted by Gasteiger charge is -2.23. The van der Waals surface area contributed by atoms with E-state index in [1.54, 1.807) is 0 Å². The number of hydrogen-bond acceptors (Lipinski definition) is 3. The molecular formula is C15H20O3. The Labute approximate surface area is 108 Å². The smallest absolute Gasteiger partial charge is 0.161 e. The molecule has 18 heavy (non-hydrogen) atoms. The average Bonchev–Trinajstić information content (AvgIpc) is 3.19. The molecule has 1 saturated carbocycles. The van der Waals surface area contributed by atoms with E-state index in [2.05, 4.69) is 26.0 Å². The summed E-state index contributed by atoms with van der Waals surface area (Å²) in [5.74, 6) is 2.39. The maximum Gasteiger partial charge on any atom is 0.161 e. The first kappa shape index (κ1) is 11.8. The van der Waals surface area contributed by atoms with Gasteiger partial charge in [-0.15, -0.1) is 0 Å². The number of hydrogen-bond donors (Lipinski definition) is 0. The molecule has 3 rings (SSSR count). The summed E-state index contributed by atoms with van der Waals surface area (Å²) in [7, 11) is 0. The average molecular weight is 248 g/mol. The number of fused-ring (bicyclic) bond motifs is 1. The van der Waals surface area contributed by atoms with Crippen LogP contribution in [0.2, 0.25) is 0 Å². The van der Waals surface area contributed by atoms with Crippen LogP contribution in [-0.4, -0.2) is 19.3 Å². The molecular weight excluding hydrogens is 228 g/mol. The van der Waals surface area contributed by atoms with Gasteiger partial charge in [0.2, 0.25) is 0 Å². The highest BCUT2D eigenvalue weighted by Crippen LogP contribution is 2.45. The van der Waals surface area contributed by atoms with Gasteiger partial charge in [0, 0.05) is 0 Å². The van der Waals surface area contributed by atoms with Gasteiger partial charge >= 0.3 is 0 Å². The van der Waals surface area contributed by atoms with Gasteiger partial charge in [-0.3, -0.25) is 0 Å². The first-order valence-electron chi connectivity index (χ1n) is 6.79. The van der Waals surface area contributed by atoms with Crippen molar-refractivity contribution in [1.82, 2.24) is 0 Å². The van der Waals surface area contributed by atoms with Gasteiger partial charge < -0.3 is 14.2 Å². The second-order valence-electron chi connectivity index (χ2n) is 5.35. The zero-order valence-electron chi connectivity index (χ0n) is 11.0. The molecule has 1 fully saturated rings. The van der Waals surface area contributed by atoms with Crippen molar-refractivity contribution >= 4 is 0 Å². The largest absolute Gasteiger partial charge is 0.486 e. The van der Waals surface area contributed by atoms with Gasteiger partial charge in [-0.25, -0.2) is 0 Å². The lowest BCUT2D eigenvalue weighted by Crippen LogP contribution is -2.17. The third kappa shape index (κ3) is 2.46. The molecule has 0 bridgehead atoms. The van der Waals surface area contributed by atoms with Crippen molar-refractivity contribution in [3.05, 3.63) is 23.8 Å². The van der Waals surface area contributed by atoms with Crippen LogP contribution in [0.1, 0.15) is 38.4 Å². The van der Waals surface area contributed by atoms with Crippen LogP contribution >= 0.6 is 0 Å². The normalized spacial score (nSPS) is 19.9.